The molecule has 0 atom stereocenters. The van der Waals surface area contributed by atoms with E-state index in [0.717, 1.165) is 77.6 Å². The number of hydrogen-bond donors (Lipinski definition) is 0. The fourth-order valence-electron chi connectivity index (χ4n) is 9.92. The summed E-state index contributed by atoms with van der Waals surface area (Å²) in [6.07, 6.45) is 0. The second-order valence-corrected chi connectivity index (χ2v) is 16.9. The molecule has 0 fully saturated rings. The van der Waals surface area contributed by atoms with Crippen molar-refractivity contribution in [3.05, 3.63) is 224 Å². The fraction of sp³-hybridized carbons (Fsp3) is 0. The first-order valence-corrected chi connectivity index (χ1v) is 22.4. The number of para-hydroxylation sites is 6. The number of rotatable bonds is 6. The summed E-state index contributed by atoms with van der Waals surface area (Å²) >= 11 is 0. The van der Waals surface area contributed by atoms with Gasteiger partial charge in [0.1, 0.15) is 0 Å². The lowest BCUT2D eigenvalue weighted by Gasteiger charge is -2.26. The number of aromatic nitrogens is 2. The molecule has 7 heteroatoms. The van der Waals surface area contributed by atoms with Crippen molar-refractivity contribution in [1.29, 1.82) is 0 Å². The summed E-state index contributed by atoms with van der Waals surface area (Å²) in [7, 11) is 0. The van der Waals surface area contributed by atoms with E-state index in [2.05, 4.69) is 190 Å². The van der Waals surface area contributed by atoms with Gasteiger partial charge in [-0.15, -0.1) is 0 Å². The third-order valence-corrected chi connectivity index (χ3v) is 13.0. The van der Waals surface area contributed by atoms with Crippen molar-refractivity contribution in [3.8, 4) is 68.5 Å². The van der Waals surface area contributed by atoms with Gasteiger partial charge >= 0.3 is 0 Å². The molecule has 0 unspecified atom stereocenters. The Hall–Kier alpha value is -9.20. The Morgan fingerprint density at radius 3 is 1.03 bits per heavy atom. The predicted molar refractivity (Wildman–Crippen MR) is 268 cm³/mol. The highest BCUT2D eigenvalue weighted by molar-refractivity contribution is 6.13. The normalized spacial score (nSPS) is 12.4. The maximum absolute atomic E-state index is 6.47. The Bertz CT molecular complexity index is 3700. The van der Waals surface area contributed by atoms with Gasteiger partial charge in [-0.3, -0.25) is 0 Å². The van der Waals surface area contributed by atoms with Crippen molar-refractivity contribution in [2.75, 3.05) is 4.90 Å². The molecule has 0 aliphatic carbocycles. The molecule has 4 heterocycles. The molecule has 0 spiro atoms. The van der Waals surface area contributed by atoms with Crippen LogP contribution in [0.2, 0.25) is 0 Å². The summed E-state index contributed by atoms with van der Waals surface area (Å²) < 4.78 is 30.5. The molecular weight excluding hydrogens is 827 g/mol. The van der Waals surface area contributed by atoms with Crippen LogP contribution in [0.3, 0.4) is 0 Å². The van der Waals surface area contributed by atoms with Gasteiger partial charge in [-0.25, -0.2) is 0 Å². The standard InChI is InChI=1S/C60H37N3O4/c1-4-14-38(15-5-1)39-24-26-42(27-25-39)61(43-28-30-45-47-34-57-59(66-55-22-12-10-20-53(55)64-57)36-51(47)62(49(45)32-43)40-16-6-2-7-17-40)44-29-31-46-48-35-58-60(67-56-23-13-11-21-54(56)65-58)37-52(48)63(50(46)33-44)41-18-8-3-9-19-41/h1-37H. The third kappa shape index (κ3) is 5.99. The zero-order valence-electron chi connectivity index (χ0n) is 35.8. The zero-order chi connectivity index (χ0) is 44.0. The van der Waals surface area contributed by atoms with Crippen LogP contribution in [0.4, 0.5) is 17.1 Å². The monoisotopic (exact) mass is 863 g/mol. The molecule has 12 aromatic rings. The van der Waals surface area contributed by atoms with Gasteiger partial charge in [-0.2, -0.15) is 0 Å². The minimum atomic E-state index is 0.678. The molecule has 2 aliphatic rings. The van der Waals surface area contributed by atoms with E-state index >= 15 is 0 Å². The second kappa shape index (κ2) is 14.7. The van der Waals surface area contributed by atoms with E-state index in [-0.39, 0.29) is 0 Å². The molecule has 67 heavy (non-hydrogen) atoms. The van der Waals surface area contributed by atoms with Crippen LogP contribution in [0.15, 0.2) is 224 Å². The zero-order valence-corrected chi connectivity index (χ0v) is 35.8. The molecule has 10 aromatic carbocycles. The molecular formula is C60H37N3O4. The van der Waals surface area contributed by atoms with Crippen molar-refractivity contribution < 1.29 is 18.9 Å². The van der Waals surface area contributed by atoms with Crippen molar-refractivity contribution in [1.82, 2.24) is 9.13 Å². The number of anilines is 3. The summed E-state index contributed by atoms with van der Waals surface area (Å²) in [5.74, 6) is 5.53. The lowest BCUT2D eigenvalue weighted by molar-refractivity contribution is 0.360. The highest BCUT2D eigenvalue weighted by Gasteiger charge is 2.26. The molecule has 0 radical (unpaired) electrons. The van der Waals surface area contributed by atoms with Gasteiger partial charge in [0.15, 0.2) is 46.0 Å². The highest BCUT2D eigenvalue weighted by Crippen LogP contribution is 2.51. The molecule has 0 N–H and O–H groups in total. The largest absolute Gasteiger partial charge is 0.449 e. The number of nitrogens with zero attached hydrogens (tertiary/aromatic N) is 3. The Morgan fingerprint density at radius 2 is 0.597 bits per heavy atom. The first-order valence-electron chi connectivity index (χ1n) is 22.4. The van der Waals surface area contributed by atoms with Crippen LogP contribution in [-0.4, -0.2) is 9.13 Å². The van der Waals surface area contributed by atoms with Crippen molar-refractivity contribution in [3.63, 3.8) is 0 Å². The van der Waals surface area contributed by atoms with Gasteiger partial charge < -0.3 is 33.0 Å². The number of ether oxygens (including phenoxy) is 4. The molecule has 0 saturated carbocycles. The fourth-order valence-corrected chi connectivity index (χ4v) is 9.92. The van der Waals surface area contributed by atoms with Crippen LogP contribution in [0.5, 0.6) is 46.0 Å². The van der Waals surface area contributed by atoms with Gasteiger partial charge in [-0.1, -0.05) is 115 Å². The Kier molecular flexibility index (Phi) is 8.15. The topological polar surface area (TPSA) is 50.0 Å². The van der Waals surface area contributed by atoms with E-state index in [1.807, 2.05) is 48.5 Å². The van der Waals surface area contributed by atoms with Gasteiger partial charge in [0.2, 0.25) is 0 Å². The van der Waals surface area contributed by atoms with Gasteiger partial charge in [0.25, 0.3) is 0 Å². The van der Waals surface area contributed by atoms with E-state index in [4.69, 9.17) is 18.9 Å². The smallest absolute Gasteiger partial charge is 0.172 e. The van der Waals surface area contributed by atoms with Crippen LogP contribution in [0.1, 0.15) is 0 Å². The summed E-state index contributed by atoms with van der Waals surface area (Å²) in [5.41, 5.74) is 11.6. The molecule has 0 bridgehead atoms. The highest BCUT2D eigenvalue weighted by atomic mass is 16.6. The Morgan fingerprint density at radius 1 is 0.254 bits per heavy atom. The van der Waals surface area contributed by atoms with Crippen LogP contribution in [-0.2, 0) is 0 Å². The molecule has 2 aliphatic heterocycles. The molecule has 0 amide bonds. The number of hydrogen-bond acceptors (Lipinski definition) is 5. The lowest BCUT2D eigenvalue weighted by atomic mass is 10.0. The summed E-state index contributed by atoms with van der Waals surface area (Å²) in [6, 6.07) is 78.0. The third-order valence-electron chi connectivity index (χ3n) is 13.0. The number of fused-ring (bicyclic) bond motifs is 10. The quantitative estimate of drug-likeness (QED) is 0.167. The average molecular weight is 864 g/mol. The average Bonchev–Trinajstić information content (AvgIpc) is 3.87. The Balaban J connectivity index is 0.992. The summed E-state index contributed by atoms with van der Waals surface area (Å²) in [5, 5.41) is 4.33. The van der Waals surface area contributed by atoms with Crippen LogP contribution < -0.4 is 23.8 Å². The minimum Gasteiger partial charge on any atom is -0.449 e. The van der Waals surface area contributed by atoms with Crippen LogP contribution in [0.25, 0.3) is 66.1 Å². The second-order valence-electron chi connectivity index (χ2n) is 16.9. The first kappa shape index (κ1) is 37.2. The molecule has 2 aromatic heterocycles. The van der Waals surface area contributed by atoms with E-state index in [1.54, 1.807) is 0 Å². The minimum absolute atomic E-state index is 0.678. The molecule has 7 nitrogen and oxygen atoms in total. The van der Waals surface area contributed by atoms with Gasteiger partial charge in [0, 0.05) is 62.1 Å². The van der Waals surface area contributed by atoms with Crippen LogP contribution >= 0.6 is 0 Å². The maximum Gasteiger partial charge on any atom is 0.172 e. The molecule has 0 saturated heterocycles. The molecule has 14 rings (SSSR count). The first-order chi connectivity index (χ1) is 33.2. The predicted octanol–water partition coefficient (Wildman–Crippen LogP) is 16.8. The maximum atomic E-state index is 6.47. The molecule has 316 valence electrons. The van der Waals surface area contributed by atoms with Crippen molar-refractivity contribution in [2.24, 2.45) is 0 Å². The Labute approximate surface area is 385 Å². The number of benzene rings is 10. The van der Waals surface area contributed by atoms with Crippen LogP contribution in [0, 0.1) is 0 Å². The lowest BCUT2D eigenvalue weighted by Crippen LogP contribution is -2.10. The van der Waals surface area contributed by atoms with E-state index < -0.39 is 0 Å². The van der Waals surface area contributed by atoms with E-state index in [1.165, 1.54) is 5.56 Å². The summed E-state index contributed by atoms with van der Waals surface area (Å²) in [6.45, 7) is 0. The van der Waals surface area contributed by atoms with Gasteiger partial charge in [0.05, 0.1) is 22.1 Å². The van der Waals surface area contributed by atoms with Gasteiger partial charge in [-0.05, 0) is 108 Å². The van der Waals surface area contributed by atoms with E-state index in [9.17, 15) is 0 Å². The SMILES string of the molecule is c1ccc(-c2ccc(N(c3ccc4c5cc6c(cc5n(-c5ccccc5)c4c3)Oc3ccccc3O6)c3ccc4c5cc6c(cc5n(-c5ccccc5)c4c3)Oc3ccccc3O6)cc2)cc1. The van der Waals surface area contributed by atoms with E-state index in [0.29, 0.717) is 46.0 Å². The summed E-state index contributed by atoms with van der Waals surface area (Å²) in [4.78, 5) is 2.36. The van der Waals surface area contributed by atoms with Crippen molar-refractivity contribution >= 4 is 60.7 Å². The van der Waals surface area contributed by atoms with Crippen molar-refractivity contribution in [2.45, 2.75) is 0 Å².